The van der Waals surface area contributed by atoms with Gasteiger partial charge in [-0.25, -0.2) is 0 Å². The highest BCUT2D eigenvalue weighted by Crippen LogP contribution is 2.47. The zero-order valence-corrected chi connectivity index (χ0v) is 9.40. The van der Waals surface area contributed by atoms with Crippen LogP contribution in [0.1, 0.15) is 32.6 Å². The van der Waals surface area contributed by atoms with Gasteiger partial charge in [0.25, 0.3) is 0 Å². The largest absolute Gasteiger partial charge is 0.342 e. The van der Waals surface area contributed by atoms with Gasteiger partial charge in [-0.2, -0.15) is 4.91 Å². The van der Waals surface area contributed by atoms with Crippen LogP contribution in [0.2, 0.25) is 0 Å². The molecule has 0 radical (unpaired) electrons. The van der Waals surface area contributed by atoms with E-state index in [1.165, 1.54) is 12.8 Å². The van der Waals surface area contributed by atoms with Crippen LogP contribution in [0.5, 0.6) is 0 Å². The lowest BCUT2D eigenvalue weighted by atomic mass is 9.70. The molecule has 3 unspecified atom stereocenters. The number of hydrogen-bond acceptors (Lipinski definition) is 3. The third-order valence-corrected chi connectivity index (χ3v) is 4.25. The quantitative estimate of drug-likeness (QED) is 0.652. The van der Waals surface area contributed by atoms with Crippen molar-refractivity contribution in [2.24, 2.45) is 16.5 Å². The summed E-state index contributed by atoms with van der Waals surface area (Å²) < 4.78 is 0. The van der Waals surface area contributed by atoms with E-state index < -0.39 is 5.41 Å². The maximum Gasteiger partial charge on any atom is 0.230 e. The number of hydrogen-bond donors (Lipinski definition) is 0. The maximum atomic E-state index is 12.1. The van der Waals surface area contributed by atoms with E-state index in [0.29, 0.717) is 12.0 Å². The van der Waals surface area contributed by atoms with E-state index in [0.717, 1.165) is 12.8 Å². The molecule has 1 saturated heterocycles. The molecule has 2 aliphatic rings. The van der Waals surface area contributed by atoms with E-state index in [1.807, 2.05) is 18.9 Å². The molecule has 1 aliphatic heterocycles. The van der Waals surface area contributed by atoms with Crippen LogP contribution >= 0.6 is 0 Å². The van der Waals surface area contributed by atoms with Crippen LogP contribution < -0.4 is 0 Å². The predicted molar refractivity (Wildman–Crippen MR) is 57.3 cm³/mol. The molecule has 0 bridgehead atoms. The van der Waals surface area contributed by atoms with Crippen molar-refractivity contribution in [1.29, 1.82) is 0 Å². The summed E-state index contributed by atoms with van der Waals surface area (Å²) in [6.07, 6.45) is 4.52. The van der Waals surface area contributed by atoms with E-state index in [9.17, 15) is 9.70 Å². The van der Waals surface area contributed by atoms with Crippen LogP contribution in [0.4, 0.5) is 0 Å². The Kier molecular flexibility index (Phi) is 2.52. The summed E-state index contributed by atoms with van der Waals surface area (Å²) in [5.41, 5.74) is -0.526. The van der Waals surface area contributed by atoms with Gasteiger partial charge in [-0.3, -0.25) is 4.79 Å². The third kappa shape index (κ3) is 1.38. The highest BCUT2D eigenvalue weighted by Gasteiger charge is 2.55. The molecule has 1 heterocycles. The SMILES string of the molecule is CN1C(=O)C(C)(CN=O)C2CCCCC21. The van der Waals surface area contributed by atoms with Crippen LogP contribution in [-0.4, -0.2) is 30.4 Å². The minimum absolute atomic E-state index is 0.110. The van der Waals surface area contributed by atoms with Gasteiger partial charge in [0.15, 0.2) is 0 Å². The minimum atomic E-state index is -0.526. The molecule has 2 fully saturated rings. The first-order valence-electron chi connectivity index (χ1n) is 5.67. The molecule has 2 rings (SSSR count). The van der Waals surface area contributed by atoms with Crippen molar-refractivity contribution in [2.45, 2.75) is 38.6 Å². The second-order valence-electron chi connectivity index (χ2n) is 5.08. The number of nitroso groups, excluding NO2 is 1. The number of amides is 1. The molecule has 1 saturated carbocycles. The van der Waals surface area contributed by atoms with Crippen LogP contribution in [0.15, 0.2) is 5.18 Å². The summed E-state index contributed by atoms with van der Waals surface area (Å²) in [5.74, 6) is 0.445. The first kappa shape index (κ1) is 10.6. The van der Waals surface area contributed by atoms with Gasteiger partial charge < -0.3 is 4.90 Å². The highest BCUT2D eigenvalue weighted by atomic mass is 16.3. The lowest BCUT2D eigenvalue weighted by Gasteiger charge is -2.32. The van der Waals surface area contributed by atoms with Gasteiger partial charge >= 0.3 is 0 Å². The van der Waals surface area contributed by atoms with Gasteiger partial charge in [0.2, 0.25) is 5.91 Å². The fourth-order valence-electron chi connectivity index (χ4n) is 3.35. The van der Waals surface area contributed by atoms with Crippen LogP contribution in [-0.2, 0) is 4.79 Å². The third-order valence-electron chi connectivity index (χ3n) is 4.25. The number of fused-ring (bicyclic) bond motifs is 1. The summed E-state index contributed by atoms with van der Waals surface area (Å²) in [5, 5.41) is 2.97. The van der Waals surface area contributed by atoms with Crippen molar-refractivity contribution in [2.75, 3.05) is 13.6 Å². The van der Waals surface area contributed by atoms with Gasteiger partial charge in [-0.1, -0.05) is 18.0 Å². The Balaban J connectivity index is 2.30. The lowest BCUT2D eigenvalue weighted by molar-refractivity contribution is -0.134. The van der Waals surface area contributed by atoms with E-state index in [-0.39, 0.29) is 12.5 Å². The summed E-state index contributed by atoms with van der Waals surface area (Å²) in [6, 6.07) is 0.345. The molecule has 4 heteroatoms. The molecule has 0 aromatic heterocycles. The Hall–Kier alpha value is -0.930. The number of rotatable bonds is 2. The highest BCUT2D eigenvalue weighted by molar-refractivity contribution is 5.85. The predicted octanol–water partition coefficient (Wildman–Crippen LogP) is 1.79. The number of carbonyl (C=O) groups is 1. The van der Waals surface area contributed by atoms with E-state index >= 15 is 0 Å². The molecular weight excluding hydrogens is 192 g/mol. The molecule has 1 amide bonds. The summed E-state index contributed by atoms with van der Waals surface area (Å²) >= 11 is 0. The normalized spacial score (nSPS) is 40.4. The number of carbonyl (C=O) groups excluding carboxylic acids is 1. The van der Waals surface area contributed by atoms with E-state index in [2.05, 4.69) is 5.18 Å². The molecule has 4 nitrogen and oxygen atoms in total. The first-order valence-corrected chi connectivity index (χ1v) is 5.67. The smallest absolute Gasteiger partial charge is 0.230 e. The Bertz CT molecular complexity index is 292. The van der Waals surface area contributed by atoms with Gasteiger partial charge in [0.1, 0.15) is 0 Å². The summed E-state index contributed by atoms with van der Waals surface area (Å²) in [6.45, 7) is 2.04. The van der Waals surface area contributed by atoms with Crippen molar-refractivity contribution in [3.63, 3.8) is 0 Å². The average molecular weight is 210 g/mol. The molecule has 0 N–H and O–H groups in total. The van der Waals surface area contributed by atoms with Crippen LogP contribution in [0.3, 0.4) is 0 Å². The van der Waals surface area contributed by atoms with Crippen molar-refractivity contribution in [3.8, 4) is 0 Å². The summed E-state index contributed by atoms with van der Waals surface area (Å²) in [7, 11) is 1.86. The fourth-order valence-corrected chi connectivity index (χ4v) is 3.35. The zero-order chi connectivity index (χ0) is 11.1. The number of likely N-dealkylation sites (tertiary alicyclic amines) is 1. The zero-order valence-electron chi connectivity index (χ0n) is 9.40. The van der Waals surface area contributed by atoms with Crippen LogP contribution in [0.25, 0.3) is 0 Å². The first-order chi connectivity index (χ1) is 7.11. The van der Waals surface area contributed by atoms with Crippen molar-refractivity contribution in [1.82, 2.24) is 4.90 Å². The standard InChI is InChI=1S/C11H18N2O2/c1-11(7-12-15)8-5-3-4-6-9(8)13(2)10(11)14/h8-9H,3-7H2,1-2H3. The molecule has 3 atom stereocenters. The van der Waals surface area contributed by atoms with E-state index in [1.54, 1.807) is 0 Å². The molecule has 15 heavy (non-hydrogen) atoms. The van der Waals surface area contributed by atoms with Crippen LogP contribution in [0, 0.1) is 16.2 Å². The molecule has 0 aromatic rings. The fraction of sp³-hybridized carbons (Fsp3) is 0.909. The van der Waals surface area contributed by atoms with Crippen molar-refractivity contribution < 1.29 is 4.79 Å². The van der Waals surface area contributed by atoms with E-state index in [4.69, 9.17) is 0 Å². The number of nitrogens with zero attached hydrogens (tertiary/aromatic N) is 2. The van der Waals surface area contributed by atoms with Gasteiger partial charge in [-0.05, 0) is 25.7 Å². The average Bonchev–Trinajstić information content (AvgIpc) is 2.43. The molecular formula is C11H18N2O2. The maximum absolute atomic E-state index is 12.1. The molecule has 0 aromatic carbocycles. The Morgan fingerprint density at radius 3 is 2.80 bits per heavy atom. The van der Waals surface area contributed by atoms with Crippen molar-refractivity contribution in [3.05, 3.63) is 4.91 Å². The second-order valence-corrected chi connectivity index (χ2v) is 5.08. The molecule has 84 valence electrons. The summed E-state index contributed by atoms with van der Waals surface area (Å²) in [4.78, 5) is 24.4. The minimum Gasteiger partial charge on any atom is -0.342 e. The monoisotopic (exact) mass is 210 g/mol. The van der Waals surface area contributed by atoms with Gasteiger partial charge in [-0.15, -0.1) is 0 Å². The van der Waals surface area contributed by atoms with Gasteiger partial charge in [0, 0.05) is 13.1 Å². The topological polar surface area (TPSA) is 49.7 Å². The molecule has 1 aliphatic carbocycles. The Morgan fingerprint density at radius 2 is 2.13 bits per heavy atom. The second kappa shape index (κ2) is 3.58. The lowest BCUT2D eigenvalue weighted by Crippen LogP contribution is -2.36. The molecule has 0 spiro atoms. The van der Waals surface area contributed by atoms with Gasteiger partial charge in [0.05, 0.1) is 12.0 Å². The van der Waals surface area contributed by atoms with Crippen molar-refractivity contribution >= 4 is 5.91 Å². The Labute approximate surface area is 90.0 Å². The Morgan fingerprint density at radius 1 is 1.47 bits per heavy atom.